The van der Waals surface area contributed by atoms with Crippen molar-refractivity contribution in [2.45, 2.75) is 6.61 Å². The van der Waals surface area contributed by atoms with Gasteiger partial charge in [0.25, 0.3) is 0 Å². The molecule has 0 N–H and O–H groups in total. The quantitative estimate of drug-likeness (QED) is 0.710. The van der Waals surface area contributed by atoms with Crippen LogP contribution >= 0.6 is 11.6 Å². The van der Waals surface area contributed by atoms with Crippen LogP contribution in [0.2, 0.25) is 5.02 Å². The van der Waals surface area contributed by atoms with Gasteiger partial charge in [-0.15, -0.1) is 0 Å². The van der Waals surface area contributed by atoms with Gasteiger partial charge in [-0.05, 0) is 17.7 Å². The van der Waals surface area contributed by atoms with Gasteiger partial charge < -0.3 is 28.4 Å². The predicted molar refractivity (Wildman–Crippen MR) is 92.8 cm³/mol. The number of hydrogen-bond donors (Lipinski definition) is 0. The van der Waals surface area contributed by atoms with Crippen molar-refractivity contribution in [2.24, 2.45) is 0 Å². The first-order valence-corrected chi connectivity index (χ1v) is 8.00. The van der Waals surface area contributed by atoms with Gasteiger partial charge in [0, 0.05) is 12.1 Å². The van der Waals surface area contributed by atoms with Crippen LogP contribution in [0, 0.1) is 0 Å². The van der Waals surface area contributed by atoms with E-state index in [2.05, 4.69) is 0 Å². The average molecular weight is 381 g/mol. The number of carbonyl (C=O) groups excluding carboxylic acids is 1. The fourth-order valence-corrected chi connectivity index (χ4v) is 2.81. The zero-order valence-electron chi connectivity index (χ0n) is 14.5. The summed E-state index contributed by atoms with van der Waals surface area (Å²) in [7, 11) is 4.43. The standard InChI is InChI=1S/C18H17ClO7/c1-21-13-7-15(23-3)14(22-2)6-11(13)18(20)24-8-10-4-12(19)17-16(5-10)25-9-26-17/h4-7H,8-9H2,1-3H3. The Bertz CT molecular complexity index is 835. The number of hydrogen-bond acceptors (Lipinski definition) is 7. The Balaban J connectivity index is 1.79. The van der Waals surface area contributed by atoms with Crippen molar-refractivity contribution in [3.63, 3.8) is 0 Å². The number of methoxy groups -OCH3 is 3. The third-order valence-corrected chi connectivity index (χ3v) is 4.06. The zero-order chi connectivity index (χ0) is 18.7. The van der Waals surface area contributed by atoms with Crippen molar-refractivity contribution in [3.05, 3.63) is 40.4 Å². The van der Waals surface area contributed by atoms with E-state index in [0.29, 0.717) is 39.3 Å². The van der Waals surface area contributed by atoms with Gasteiger partial charge >= 0.3 is 5.97 Å². The van der Waals surface area contributed by atoms with Gasteiger partial charge in [-0.1, -0.05) is 11.6 Å². The van der Waals surface area contributed by atoms with Gasteiger partial charge in [0.2, 0.25) is 6.79 Å². The number of fused-ring (bicyclic) bond motifs is 1. The first-order valence-electron chi connectivity index (χ1n) is 7.62. The van der Waals surface area contributed by atoms with Crippen LogP contribution in [0.3, 0.4) is 0 Å². The molecule has 0 atom stereocenters. The molecule has 0 fully saturated rings. The molecule has 0 radical (unpaired) electrons. The summed E-state index contributed by atoms with van der Waals surface area (Å²) in [5, 5.41) is 0.398. The highest BCUT2D eigenvalue weighted by Gasteiger charge is 2.21. The van der Waals surface area contributed by atoms with E-state index in [1.807, 2.05) is 0 Å². The summed E-state index contributed by atoms with van der Waals surface area (Å²) in [6, 6.07) is 6.45. The summed E-state index contributed by atoms with van der Waals surface area (Å²) in [4.78, 5) is 12.5. The van der Waals surface area contributed by atoms with Crippen LogP contribution in [0.1, 0.15) is 15.9 Å². The van der Waals surface area contributed by atoms with Gasteiger partial charge in [-0.2, -0.15) is 0 Å². The molecule has 3 rings (SSSR count). The molecule has 1 heterocycles. The molecule has 0 saturated carbocycles. The summed E-state index contributed by atoms with van der Waals surface area (Å²) in [6.45, 7) is 0.119. The second-order valence-corrected chi connectivity index (χ2v) is 5.70. The van der Waals surface area contributed by atoms with E-state index >= 15 is 0 Å². The number of rotatable bonds is 6. The monoisotopic (exact) mass is 380 g/mol. The van der Waals surface area contributed by atoms with E-state index in [1.54, 1.807) is 18.2 Å². The van der Waals surface area contributed by atoms with Crippen molar-refractivity contribution in [1.29, 1.82) is 0 Å². The highest BCUT2D eigenvalue weighted by molar-refractivity contribution is 6.32. The molecule has 7 nitrogen and oxygen atoms in total. The van der Waals surface area contributed by atoms with Gasteiger partial charge in [0.05, 0.1) is 26.4 Å². The van der Waals surface area contributed by atoms with Crippen LogP contribution in [0.25, 0.3) is 0 Å². The smallest absolute Gasteiger partial charge is 0.342 e. The molecule has 0 spiro atoms. The van der Waals surface area contributed by atoms with Crippen LogP contribution in [-0.2, 0) is 11.3 Å². The molecule has 8 heteroatoms. The number of halogens is 1. The lowest BCUT2D eigenvalue weighted by Crippen LogP contribution is -2.08. The highest BCUT2D eigenvalue weighted by atomic mass is 35.5. The molecule has 0 aliphatic carbocycles. The van der Waals surface area contributed by atoms with Crippen molar-refractivity contribution in [1.82, 2.24) is 0 Å². The number of carbonyl (C=O) groups is 1. The Kier molecular flexibility index (Phi) is 5.27. The average Bonchev–Trinajstić information content (AvgIpc) is 3.14. The third kappa shape index (κ3) is 3.43. The first-order chi connectivity index (χ1) is 12.6. The van der Waals surface area contributed by atoms with Gasteiger partial charge in [0.15, 0.2) is 23.0 Å². The van der Waals surface area contributed by atoms with Gasteiger partial charge in [0.1, 0.15) is 17.9 Å². The molecule has 0 saturated heterocycles. The van der Waals surface area contributed by atoms with E-state index < -0.39 is 5.97 Å². The molecule has 2 aromatic carbocycles. The maximum absolute atomic E-state index is 12.5. The van der Waals surface area contributed by atoms with Crippen molar-refractivity contribution in [2.75, 3.05) is 28.1 Å². The molecule has 0 aromatic heterocycles. The molecule has 1 aliphatic rings. The summed E-state index contributed by atoms with van der Waals surface area (Å²) in [5.74, 6) is 1.60. The maximum atomic E-state index is 12.5. The van der Waals surface area contributed by atoms with E-state index in [9.17, 15) is 4.79 Å². The number of benzene rings is 2. The second-order valence-electron chi connectivity index (χ2n) is 5.30. The minimum atomic E-state index is -0.573. The normalized spacial score (nSPS) is 11.8. The highest BCUT2D eigenvalue weighted by Crippen LogP contribution is 2.40. The van der Waals surface area contributed by atoms with E-state index in [0.717, 1.165) is 0 Å². The molecule has 26 heavy (non-hydrogen) atoms. The summed E-state index contributed by atoms with van der Waals surface area (Å²) < 4.78 is 31.6. The predicted octanol–water partition coefficient (Wildman–Crippen LogP) is 3.45. The maximum Gasteiger partial charge on any atom is 0.342 e. The molecule has 0 unspecified atom stereocenters. The zero-order valence-corrected chi connectivity index (χ0v) is 15.2. The van der Waals surface area contributed by atoms with Crippen molar-refractivity contribution >= 4 is 17.6 Å². The lowest BCUT2D eigenvalue weighted by Gasteiger charge is -2.14. The minimum absolute atomic E-state index is 0.00664. The SMILES string of the molecule is COc1cc(OC)c(C(=O)OCc2cc(Cl)c3c(c2)OCO3)cc1OC. The van der Waals surface area contributed by atoms with Crippen LogP contribution in [-0.4, -0.2) is 34.1 Å². The largest absolute Gasteiger partial charge is 0.496 e. The first kappa shape index (κ1) is 18.0. The Morgan fingerprint density at radius 3 is 2.38 bits per heavy atom. The van der Waals surface area contributed by atoms with E-state index in [1.165, 1.54) is 27.4 Å². The fraction of sp³-hybridized carbons (Fsp3) is 0.278. The van der Waals surface area contributed by atoms with Crippen LogP contribution in [0.15, 0.2) is 24.3 Å². The Labute approximate surface area is 155 Å². The molecule has 2 aromatic rings. The van der Waals surface area contributed by atoms with E-state index in [4.69, 9.17) is 40.0 Å². The number of esters is 1. The summed E-state index contributed by atoms with van der Waals surface area (Å²) in [5.41, 5.74) is 0.893. The lowest BCUT2D eigenvalue weighted by molar-refractivity contribution is 0.0468. The van der Waals surface area contributed by atoms with Crippen LogP contribution in [0.5, 0.6) is 28.7 Å². The Hall–Kier alpha value is -2.80. The summed E-state index contributed by atoms with van der Waals surface area (Å²) in [6.07, 6.45) is 0. The van der Waals surface area contributed by atoms with E-state index in [-0.39, 0.29) is 19.0 Å². The molecular weight excluding hydrogens is 364 g/mol. The fourth-order valence-electron chi connectivity index (χ4n) is 2.52. The molecular formula is C18H17ClO7. The van der Waals surface area contributed by atoms with Gasteiger partial charge in [-0.3, -0.25) is 0 Å². The molecule has 1 aliphatic heterocycles. The van der Waals surface area contributed by atoms with Crippen molar-refractivity contribution in [3.8, 4) is 28.7 Å². The molecule has 0 amide bonds. The minimum Gasteiger partial charge on any atom is -0.496 e. The third-order valence-electron chi connectivity index (χ3n) is 3.78. The lowest BCUT2D eigenvalue weighted by atomic mass is 10.1. The van der Waals surface area contributed by atoms with Crippen molar-refractivity contribution < 1.29 is 33.2 Å². The topological polar surface area (TPSA) is 72.5 Å². The summed E-state index contributed by atoms with van der Waals surface area (Å²) >= 11 is 6.13. The Morgan fingerprint density at radius 2 is 1.69 bits per heavy atom. The van der Waals surface area contributed by atoms with Crippen LogP contribution in [0.4, 0.5) is 0 Å². The van der Waals surface area contributed by atoms with Gasteiger partial charge in [-0.25, -0.2) is 4.79 Å². The molecule has 138 valence electrons. The second kappa shape index (κ2) is 7.61. The molecule has 0 bridgehead atoms. The number of ether oxygens (including phenoxy) is 6. The van der Waals surface area contributed by atoms with Crippen LogP contribution < -0.4 is 23.7 Å². The Morgan fingerprint density at radius 1 is 1.00 bits per heavy atom.